The Morgan fingerprint density at radius 3 is 2.70 bits per heavy atom. The van der Waals surface area contributed by atoms with Gasteiger partial charge in [-0.2, -0.15) is 0 Å². The Morgan fingerprint density at radius 1 is 1.13 bits per heavy atom. The third-order valence-corrected chi connectivity index (χ3v) is 8.13. The number of benzene rings is 2. The number of rotatable bonds is 7. The molecule has 0 spiro atoms. The molecule has 1 fully saturated rings. The van der Waals surface area contributed by atoms with Crippen molar-refractivity contribution < 1.29 is 18.9 Å². The number of phosphoric ester groups is 1. The van der Waals surface area contributed by atoms with Gasteiger partial charge >= 0.3 is 7.82 Å². The maximum Gasteiger partial charge on any atom is 0.469 e. The Hall–Kier alpha value is -1.14. The summed E-state index contributed by atoms with van der Waals surface area (Å²) in [5.41, 5.74) is 9.91. The molecule has 7 heteroatoms. The van der Waals surface area contributed by atoms with Crippen molar-refractivity contribution in [1.82, 2.24) is 0 Å². The molecule has 3 atom stereocenters. The molecule has 0 radical (unpaired) electrons. The number of hydrogen-bond donors (Lipinski definition) is 3. The van der Waals surface area contributed by atoms with Crippen molar-refractivity contribution in [3.63, 3.8) is 0 Å². The third-order valence-electron chi connectivity index (χ3n) is 6.42. The summed E-state index contributed by atoms with van der Waals surface area (Å²) in [7, 11) is -4.48. The molecule has 5 nitrogen and oxygen atoms in total. The SMILES string of the molecule is N[C@]1(COP(=O)(O)O)CC[C@H](c2ccc3c(c2)CC[C@H](CSc2ccccc2)C3)C1. The minimum absolute atomic E-state index is 0.0977. The number of aryl methyl sites for hydroxylation is 1. The van der Waals surface area contributed by atoms with Gasteiger partial charge in [0.05, 0.1) is 6.61 Å². The summed E-state index contributed by atoms with van der Waals surface area (Å²) in [5, 5.41) is 0. The average molecular weight is 448 g/mol. The van der Waals surface area contributed by atoms with Crippen LogP contribution >= 0.6 is 19.6 Å². The smallest absolute Gasteiger partial charge is 0.323 e. The van der Waals surface area contributed by atoms with Crippen molar-refractivity contribution in [3.05, 3.63) is 65.2 Å². The molecule has 0 unspecified atom stereocenters. The van der Waals surface area contributed by atoms with Gasteiger partial charge in [-0.15, -0.1) is 11.8 Å². The second-order valence-corrected chi connectivity index (χ2v) is 11.2. The number of phosphoric acid groups is 1. The van der Waals surface area contributed by atoms with Crippen LogP contribution in [-0.4, -0.2) is 27.7 Å². The highest BCUT2D eigenvalue weighted by Crippen LogP contribution is 2.44. The number of thioether (sulfide) groups is 1. The Labute approximate surface area is 182 Å². The average Bonchev–Trinajstić information content (AvgIpc) is 3.13. The van der Waals surface area contributed by atoms with E-state index in [2.05, 4.69) is 48.5 Å². The zero-order chi connectivity index (χ0) is 21.2. The predicted molar refractivity (Wildman–Crippen MR) is 121 cm³/mol. The highest BCUT2D eigenvalue weighted by atomic mass is 32.2. The fraction of sp³-hybridized carbons (Fsp3) is 0.478. The Bertz CT molecular complexity index is 919. The van der Waals surface area contributed by atoms with E-state index in [1.807, 2.05) is 11.8 Å². The summed E-state index contributed by atoms with van der Waals surface area (Å²) in [6, 6.07) is 17.5. The zero-order valence-corrected chi connectivity index (χ0v) is 18.8. The largest absolute Gasteiger partial charge is 0.469 e. The van der Waals surface area contributed by atoms with Gasteiger partial charge in [-0.3, -0.25) is 4.52 Å². The summed E-state index contributed by atoms with van der Waals surface area (Å²) in [4.78, 5) is 19.3. The first-order valence-corrected chi connectivity index (χ1v) is 13.1. The van der Waals surface area contributed by atoms with E-state index >= 15 is 0 Å². The van der Waals surface area contributed by atoms with E-state index in [-0.39, 0.29) is 6.61 Å². The van der Waals surface area contributed by atoms with Crippen LogP contribution in [0.3, 0.4) is 0 Å². The molecule has 0 aliphatic heterocycles. The van der Waals surface area contributed by atoms with Gasteiger partial charge in [0, 0.05) is 16.2 Å². The van der Waals surface area contributed by atoms with Crippen molar-refractivity contribution in [3.8, 4) is 0 Å². The third kappa shape index (κ3) is 5.76. The van der Waals surface area contributed by atoms with E-state index in [0.29, 0.717) is 24.7 Å². The quantitative estimate of drug-likeness (QED) is 0.422. The van der Waals surface area contributed by atoms with E-state index in [1.165, 1.54) is 28.0 Å². The van der Waals surface area contributed by atoms with Gasteiger partial charge in [-0.25, -0.2) is 4.57 Å². The van der Waals surface area contributed by atoms with Gasteiger partial charge in [0.15, 0.2) is 0 Å². The van der Waals surface area contributed by atoms with Gasteiger partial charge < -0.3 is 15.5 Å². The van der Waals surface area contributed by atoms with Gasteiger partial charge in [0.1, 0.15) is 0 Å². The molecular weight excluding hydrogens is 417 g/mol. The summed E-state index contributed by atoms with van der Waals surface area (Å²) < 4.78 is 15.7. The Balaban J connectivity index is 1.34. The van der Waals surface area contributed by atoms with Gasteiger partial charge in [0.2, 0.25) is 0 Å². The fourth-order valence-electron chi connectivity index (χ4n) is 4.76. The number of fused-ring (bicyclic) bond motifs is 1. The molecule has 2 aliphatic rings. The van der Waals surface area contributed by atoms with Crippen LogP contribution < -0.4 is 5.73 Å². The van der Waals surface area contributed by atoms with Crippen molar-refractivity contribution in [2.45, 2.75) is 54.9 Å². The zero-order valence-electron chi connectivity index (χ0n) is 17.1. The summed E-state index contributed by atoms with van der Waals surface area (Å²) in [5.74, 6) is 2.19. The van der Waals surface area contributed by atoms with Crippen LogP contribution in [-0.2, 0) is 21.9 Å². The van der Waals surface area contributed by atoms with Crippen LogP contribution in [0.2, 0.25) is 0 Å². The molecule has 0 aromatic heterocycles. The highest BCUT2D eigenvalue weighted by molar-refractivity contribution is 7.99. The van der Waals surface area contributed by atoms with Crippen LogP contribution in [0.1, 0.15) is 48.3 Å². The Kier molecular flexibility index (Phi) is 6.73. The standard InChI is InChI=1S/C23H30NO4PS/c24-23(16-28-29(25,26)27)11-10-21(14-23)20-9-8-18-12-17(6-7-19(18)13-20)15-30-22-4-2-1-3-5-22/h1-5,8-9,13,17,21H,6-7,10-12,14-16,24H2,(H2,25,26,27)/t17-,21-,23+/m0/s1. The second kappa shape index (κ2) is 9.15. The monoisotopic (exact) mass is 447 g/mol. The van der Waals surface area contributed by atoms with Gasteiger partial charge in [-0.05, 0) is 79.2 Å². The molecule has 0 bridgehead atoms. The lowest BCUT2D eigenvalue weighted by Crippen LogP contribution is -2.41. The van der Waals surface area contributed by atoms with E-state index in [1.54, 1.807) is 0 Å². The maximum atomic E-state index is 11.0. The summed E-state index contributed by atoms with van der Waals surface area (Å²) in [6.07, 6.45) is 5.81. The molecule has 1 saturated carbocycles. The van der Waals surface area contributed by atoms with Crippen molar-refractivity contribution >= 4 is 19.6 Å². The van der Waals surface area contributed by atoms with Crippen molar-refractivity contribution in [1.29, 1.82) is 0 Å². The molecule has 4 rings (SSSR count). The van der Waals surface area contributed by atoms with Crippen LogP contribution in [0.4, 0.5) is 0 Å². The van der Waals surface area contributed by atoms with E-state index in [9.17, 15) is 4.57 Å². The normalized spacial score (nSPS) is 26.5. The van der Waals surface area contributed by atoms with Crippen LogP contribution in [0, 0.1) is 5.92 Å². The lowest BCUT2D eigenvalue weighted by molar-refractivity contribution is 0.153. The van der Waals surface area contributed by atoms with Crippen LogP contribution in [0.15, 0.2) is 53.4 Å². The van der Waals surface area contributed by atoms with Crippen LogP contribution in [0.25, 0.3) is 0 Å². The summed E-state index contributed by atoms with van der Waals surface area (Å²) >= 11 is 1.95. The first kappa shape index (κ1) is 22.1. The molecule has 4 N–H and O–H groups in total. The van der Waals surface area contributed by atoms with E-state index < -0.39 is 13.4 Å². The predicted octanol–water partition coefficient (Wildman–Crippen LogP) is 4.66. The van der Waals surface area contributed by atoms with Crippen molar-refractivity contribution in [2.24, 2.45) is 11.7 Å². The molecule has 0 heterocycles. The molecule has 0 amide bonds. The lowest BCUT2D eigenvalue weighted by atomic mass is 9.82. The molecule has 2 aromatic rings. The molecular formula is C23H30NO4PS. The van der Waals surface area contributed by atoms with E-state index in [0.717, 1.165) is 25.0 Å². The van der Waals surface area contributed by atoms with Gasteiger partial charge in [-0.1, -0.05) is 36.4 Å². The van der Waals surface area contributed by atoms with Gasteiger partial charge in [0.25, 0.3) is 0 Å². The van der Waals surface area contributed by atoms with E-state index in [4.69, 9.17) is 20.0 Å². The maximum absolute atomic E-state index is 11.0. The first-order chi connectivity index (χ1) is 14.3. The lowest BCUT2D eigenvalue weighted by Gasteiger charge is -2.26. The van der Waals surface area contributed by atoms with Crippen LogP contribution in [0.5, 0.6) is 0 Å². The summed E-state index contributed by atoms with van der Waals surface area (Å²) in [6.45, 7) is -0.0977. The second-order valence-electron chi connectivity index (χ2n) is 8.83. The molecule has 30 heavy (non-hydrogen) atoms. The fourth-order valence-corrected chi connectivity index (χ4v) is 6.25. The van der Waals surface area contributed by atoms with Crippen molar-refractivity contribution in [2.75, 3.05) is 12.4 Å². The molecule has 162 valence electrons. The Morgan fingerprint density at radius 2 is 1.93 bits per heavy atom. The molecule has 0 saturated heterocycles. The minimum Gasteiger partial charge on any atom is -0.323 e. The number of hydrogen-bond acceptors (Lipinski definition) is 4. The number of nitrogens with two attached hydrogens (primary N) is 1. The molecule has 2 aromatic carbocycles. The topological polar surface area (TPSA) is 92.8 Å². The highest BCUT2D eigenvalue weighted by Gasteiger charge is 2.38. The first-order valence-electron chi connectivity index (χ1n) is 10.6. The minimum atomic E-state index is -4.48. The molecule has 2 aliphatic carbocycles.